The van der Waals surface area contributed by atoms with E-state index in [-0.39, 0.29) is 0 Å². The number of thioether (sulfide) groups is 1. The zero-order valence-electron chi connectivity index (χ0n) is 8.33. The molecule has 0 saturated carbocycles. The largest absolute Gasteiger partial charge is 0.491 e. The second kappa shape index (κ2) is 6.20. The number of nitrogens with two attached hydrogens (primary N) is 1. The Morgan fingerprint density at radius 3 is 2.87 bits per heavy atom. The van der Waals surface area contributed by atoms with E-state index < -0.39 is 0 Å². The van der Waals surface area contributed by atoms with E-state index >= 15 is 0 Å². The van der Waals surface area contributed by atoms with Crippen molar-refractivity contribution in [2.24, 2.45) is 5.73 Å². The third kappa shape index (κ3) is 3.89. The van der Waals surface area contributed by atoms with Gasteiger partial charge in [-0.15, -0.1) is 0 Å². The lowest BCUT2D eigenvalue weighted by atomic mass is 10.2. The number of hydrogen-bond acceptors (Lipinski definition) is 3. The molecule has 1 aromatic carbocycles. The maximum atomic E-state index is 6.01. The van der Waals surface area contributed by atoms with Crippen LogP contribution in [-0.4, -0.2) is 23.6 Å². The summed E-state index contributed by atoms with van der Waals surface area (Å²) in [5, 5.41) is 0.543. The molecule has 0 saturated heterocycles. The van der Waals surface area contributed by atoms with Crippen LogP contribution in [0.15, 0.2) is 18.2 Å². The third-order valence-electron chi connectivity index (χ3n) is 1.76. The Bertz CT molecular complexity index is 357. The van der Waals surface area contributed by atoms with Crippen molar-refractivity contribution in [3.05, 3.63) is 28.8 Å². The summed E-state index contributed by atoms with van der Waals surface area (Å²) in [6, 6.07) is 5.32. The van der Waals surface area contributed by atoms with Gasteiger partial charge in [0.25, 0.3) is 0 Å². The smallest absolute Gasteiger partial charge is 0.137 e. The molecule has 0 aliphatic heterocycles. The minimum absolute atomic E-state index is 0.340. The highest BCUT2D eigenvalue weighted by atomic mass is 35.5. The molecule has 0 unspecified atom stereocenters. The number of thiocarbonyl (C=S) groups is 1. The molecule has 0 aromatic heterocycles. The molecule has 0 spiro atoms. The molecule has 0 aliphatic carbocycles. The van der Waals surface area contributed by atoms with E-state index in [0.717, 1.165) is 11.3 Å². The highest BCUT2D eigenvalue weighted by molar-refractivity contribution is 7.98. The Labute approximate surface area is 104 Å². The Balaban J connectivity index is 2.70. The summed E-state index contributed by atoms with van der Waals surface area (Å²) in [6.45, 7) is 0.646. The number of hydrogen-bond donors (Lipinski definition) is 1. The molecule has 2 N–H and O–H groups in total. The van der Waals surface area contributed by atoms with E-state index in [9.17, 15) is 0 Å². The topological polar surface area (TPSA) is 35.2 Å². The van der Waals surface area contributed by atoms with Crippen LogP contribution in [0.4, 0.5) is 0 Å². The van der Waals surface area contributed by atoms with Gasteiger partial charge in [-0.05, 0) is 24.5 Å². The Hall–Kier alpha value is -0.450. The normalized spacial score (nSPS) is 10.0. The molecule has 1 rings (SSSR count). The maximum Gasteiger partial charge on any atom is 0.137 e. The van der Waals surface area contributed by atoms with Crippen molar-refractivity contribution in [2.45, 2.75) is 0 Å². The molecule has 2 nitrogen and oxygen atoms in total. The summed E-state index contributed by atoms with van der Waals surface area (Å²) >= 11 is 12.6. The molecular formula is C10H12ClNOS2. The lowest BCUT2D eigenvalue weighted by Crippen LogP contribution is -2.09. The SMILES string of the molecule is CSCCOc1ccc(C(N)=S)cc1Cl. The zero-order valence-corrected chi connectivity index (χ0v) is 10.7. The van der Waals surface area contributed by atoms with Gasteiger partial charge in [-0.2, -0.15) is 11.8 Å². The molecule has 0 radical (unpaired) electrons. The van der Waals surface area contributed by atoms with Gasteiger partial charge in [0.2, 0.25) is 0 Å². The molecule has 0 amide bonds. The van der Waals surface area contributed by atoms with Crippen LogP contribution in [0.1, 0.15) is 5.56 Å². The van der Waals surface area contributed by atoms with Crippen LogP contribution in [0.25, 0.3) is 0 Å². The van der Waals surface area contributed by atoms with Crippen LogP contribution in [-0.2, 0) is 0 Å². The molecule has 0 atom stereocenters. The van der Waals surface area contributed by atoms with E-state index in [4.69, 9.17) is 34.3 Å². The van der Waals surface area contributed by atoms with Gasteiger partial charge in [0.1, 0.15) is 10.7 Å². The summed E-state index contributed by atoms with van der Waals surface area (Å²) in [7, 11) is 0. The molecule has 82 valence electrons. The molecular weight excluding hydrogens is 250 g/mol. The Morgan fingerprint density at radius 2 is 2.33 bits per heavy atom. The Kier molecular flexibility index (Phi) is 5.22. The van der Waals surface area contributed by atoms with Crippen molar-refractivity contribution in [1.82, 2.24) is 0 Å². The molecule has 0 bridgehead atoms. The van der Waals surface area contributed by atoms with E-state index in [1.807, 2.05) is 12.3 Å². The van der Waals surface area contributed by atoms with Gasteiger partial charge in [-0.3, -0.25) is 0 Å². The second-order valence-electron chi connectivity index (χ2n) is 2.85. The average molecular weight is 262 g/mol. The van der Waals surface area contributed by atoms with Crippen molar-refractivity contribution >= 4 is 40.6 Å². The van der Waals surface area contributed by atoms with Gasteiger partial charge in [0, 0.05) is 11.3 Å². The van der Waals surface area contributed by atoms with Gasteiger partial charge in [0.15, 0.2) is 0 Å². The second-order valence-corrected chi connectivity index (χ2v) is 4.68. The van der Waals surface area contributed by atoms with Crippen molar-refractivity contribution in [2.75, 3.05) is 18.6 Å². The van der Waals surface area contributed by atoms with E-state index in [2.05, 4.69) is 0 Å². The van der Waals surface area contributed by atoms with Crippen LogP contribution in [0.2, 0.25) is 5.02 Å². The summed E-state index contributed by atoms with van der Waals surface area (Å²) in [6.07, 6.45) is 2.03. The quantitative estimate of drug-likeness (QED) is 0.653. The van der Waals surface area contributed by atoms with Gasteiger partial charge >= 0.3 is 0 Å². The van der Waals surface area contributed by atoms with Crippen LogP contribution in [0, 0.1) is 0 Å². The van der Waals surface area contributed by atoms with Crippen molar-refractivity contribution in [1.29, 1.82) is 0 Å². The molecule has 0 heterocycles. The van der Waals surface area contributed by atoms with Gasteiger partial charge in [-0.1, -0.05) is 23.8 Å². The number of ether oxygens (including phenoxy) is 1. The van der Waals surface area contributed by atoms with E-state index in [0.29, 0.717) is 22.4 Å². The minimum Gasteiger partial charge on any atom is -0.491 e. The van der Waals surface area contributed by atoms with E-state index in [1.54, 1.807) is 23.9 Å². The van der Waals surface area contributed by atoms with Gasteiger partial charge < -0.3 is 10.5 Å². The summed E-state index contributed by atoms with van der Waals surface area (Å²) in [4.78, 5) is 0.340. The fourth-order valence-electron chi connectivity index (χ4n) is 1.01. The predicted molar refractivity (Wildman–Crippen MR) is 71.2 cm³/mol. The average Bonchev–Trinajstić information content (AvgIpc) is 2.20. The molecule has 5 heteroatoms. The summed E-state index contributed by atoms with van der Waals surface area (Å²) in [5.74, 6) is 1.61. The maximum absolute atomic E-state index is 6.01. The summed E-state index contributed by atoms with van der Waals surface area (Å²) < 4.78 is 5.48. The molecule has 0 aliphatic rings. The van der Waals surface area contributed by atoms with Crippen LogP contribution in [0.5, 0.6) is 5.75 Å². The van der Waals surface area contributed by atoms with Crippen LogP contribution >= 0.6 is 35.6 Å². The lowest BCUT2D eigenvalue weighted by molar-refractivity contribution is 0.344. The standard InChI is InChI=1S/C10H12ClNOS2/c1-15-5-4-13-9-3-2-7(10(12)14)6-8(9)11/h2-3,6H,4-5H2,1H3,(H2,12,14). The lowest BCUT2D eigenvalue weighted by Gasteiger charge is -2.08. The first-order chi connectivity index (χ1) is 7.15. The van der Waals surface area contributed by atoms with Crippen LogP contribution in [0.3, 0.4) is 0 Å². The van der Waals surface area contributed by atoms with Crippen molar-refractivity contribution < 1.29 is 4.74 Å². The number of rotatable bonds is 5. The Morgan fingerprint density at radius 1 is 1.60 bits per heavy atom. The van der Waals surface area contributed by atoms with Gasteiger partial charge in [-0.25, -0.2) is 0 Å². The highest BCUT2D eigenvalue weighted by Gasteiger charge is 2.04. The number of halogens is 1. The molecule has 1 aromatic rings. The number of benzene rings is 1. The minimum atomic E-state index is 0.340. The monoisotopic (exact) mass is 261 g/mol. The predicted octanol–water partition coefficient (Wildman–Crippen LogP) is 2.72. The fourth-order valence-corrected chi connectivity index (χ4v) is 1.62. The van der Waals surface area contributed by atoms with Crippen LogP contribution < -0.4 is 10.5 Å². The summed E-state index contributed by atoms with van der Waals surface area (Å²) in [5.41, 5.74) is 6.24. The first kappa shape index (κ1) is 12.6. The highest BCUT2D eigenvalue weighted by Crippen LogP contribution is 2.25. The van der Waals surface area contributed by atoms with Crippen molar-refractivity contribution in [3.63, 3.8) is 0 Å². The first-order valence-electron chi connectivity index (χ1n) is 4.36. The fraction of sp³-hybridized carbons (Fsp3) is 0.300. The third-order valence-corrected chi connectivity index (χ3v) is 2.87. The zero-order chi connectivity index (χ0) is 11.3. The molecule has 0 fully saturated rings. The molecule has 15 heavy (non-hydrogen) atoms. The first-order valence-corrected chi connectivity index (χ1v) is 6.54. The van der Waals surface area contributed by atoms with Crippen molar-refractivity contribution in [3.8, 4) is 5.75 Å². The van der Waals surface area contributed by atoms with E-state index in [1.165, 1.54) is 0 Å². The van der Waals surface area contributed by atoms with Gasteiger partial charge in [0.05, 0.1) is 11.6 Å².